The normalized spacial score (nSPS) is 11.6. The summed E-state index contributed by atoms with van der Waals surface area (Å²) in [7, 11) is 0. The Hall–Kier alpha value is -2.17. The van der Waals surface area contributed by atoms with Crippen molar-refractivity contribution in [2.45, 2.75) is 12.5 Å². The number of hydrogen-bond acceptors (Lipinski definition) is 2. The lowest BCUT2D eigenvalue weighted by Crippen LogP contribution is -2.44. The van der Waals surface area contributed by atoms with Crippen LogP contribution >= 0.6 is 0 Å². The zero-order valence-electron chi connectivity index (χ0n) is 9.15. The van der Waals surface area contributed by atoms with Crippen molar-refractivity contribution < 1.29 is 14.0 Å². The number of amides is 2. The number of carbonyl (C=O) groups excluding carboxylic acids is 2. The van der Waals surface area contributed by atoms with Gasteiger partial charge in [0.1, 0.15) is 11.9 Å². The van der Waals surface area contributed by atoms with Gasteiger partial charge in [-0.05, 0) is 30.7 Å². The SMILES string of the molecule is C=CC[C@H](NC(=O)c1ccc(F)cc1)C(N)=O. The van der Waals surface area contributed by atoms with E-state index in [1.54, 1.807) is 0 Å². The van der Waals surface area contributed by atoms with Crippen molar-refractivity contribution >= 4 is 11.8 Å². The molecule has 90 valence electrons. The maximum absolute atomic E-state index is 12.6. The first-order valence-electron chi connectivity index (χ1n) is 5.01. The molecule has 0 aliphatic rings. The van der Waals surface area contributed by atoms with Gasteiger partial charge in [0, 0.05) is 5.56 Å². The van der Waals surface area contributed by atoms with Gasteiger partial charge in [-0.1, -0.05) is 6.08 Å². The molecule has 0 aliphatic carbocycles. The van der Waals surface area contributed by atoms with E-state index < -0.39 is 23.7 Å². The molecular formula is C12H13FN2O2. The maximum Gasteiger partial charge on any atom is 0.251 e. The average molecular weight is 236 g/mol. The Morgan fingerprint density at radius 1 is 1.41 bits per heavy atom. The van der Waals surface area contributed by atoms with Crippen LogP contribution in [0.2, 0.25) is 0 Å². The summed E-state index contributed by atoms with van der Waals surface area (Å²) in [6.07, 6.45) is 1.74. The van der Waals surface area contributed by atoms with E-state index in [0.29, 0.717) is 0 Å². The quantitative estimate of drug-likeness (QED) is 0.748. The number of carbonyl (C=O) groups is 2. The van der Waals surface area contributed by atoms with Gasteiger partial charge in [-0.25, -0.2) is 4.39 Å². The van der Waals surface area contributed by atoms with Crippen LogP contribution in [0.1, 0.15) is 16.8 Å². The molecule has 0 radical (unpaired) electrons. The molecule has 3 N–H and O–H groups in total. The van der Waals surface area contributed by atoms with Crippen LogP contribution in [0.5, 0.6) is 0 Å². The maximum atomic E-state index is 12.6. The first-order valence-corrected chi connectivity index (χ1v) is 5.01. The van der Waals surface area contributed by atoms with Gasteiger partial charge in [-0.2, -0.15) is 0 Å². The number of hydrogen-bond donors (Lipinski definition) is 2. The van der Waals surface area contributed by atoms with E-state index in [1.807, 2.05) is 0 Å². The van der Waals surface area contributed by atoms with Crippen LogP contribution in [0.25, 0.3) is 0 Å². The number of nitrogens with two attached hydrogens (primary N) is 1. The Morgan fingerprint density at radius 2 is 2.00 bits per heavy atom. The molecule has 0 saturated carbocycles. The smallest absolute Gasteiger partial charge is 0.251 e. The molecular weight excluding hydrogens is 223 g/mol. The van der Waals surface area contributed by atoms with Crippen molar-refractivity contribution in [3.63, 3.8) is 0 Å². The standard InChI is InChI=1S/C12H13FN2O2/c1-2-3-10(11(14)16)15-12(17)8-4-6-9(13)7-5-8/h2,4-7,10H,1,3H2,(H2,14,16)(H,15,17)/t10-/m0/s1. The lowest BCUT2D eigenvalue weighted by molar-refractivity contribution is -0.119. The fraction of sp³-hybridized carbons (Fsp3) is 0.167. The second kappa shape index (κ2) is 5.79. The molecule has 0 spiro atoms. The monoisotopic (exact) mass is 236 g/mol. The topological polar surface area (TPSA) is 72.2 Å². The van der Waals surface area contributed by atoms with Gasteiger partial charge in [0.15, 0.2) is 0 Å². The summed E-state index contributed by atoms with van der Waals surface area (Å²) in [6, 6.07) is 4.20. The number of nitrogens with one attached hydrogen (secondary N) is 1. The zero-order chi connectivity index (χ0) is 12.8. The van der Waals surface area contributed by atoms with Crippen molar-refractivity contribution in [2.24, 2.45) is 5.73 Å². The highest BCUT2D eigenvalue weighted by molar-refractivity contribution is 5.97. The molecule has 0 unspecified atom stereocenters. The minimum absolute atomic E-state index is 0.252. The summed E-state index contributed by atoms with van der Waals surface area (Å²) < 4.78 is 12.6. The molecule has 1 aromatic carbocycles. The molecule has 0 heterocycles. The first kappa shape index (κ1) is 12.9. The van der Waals surface area contributed by atoms with Crippen LogP contribution in [-0.2, 0) is 4.79 Å². The molecule has 5 heteroatoms. The number of benzene rings is 1. The molecule has 0 aliphatic heterocycles. The van der Waals surface area contributed by atoms with E-state index in [1.165, 1.54) is 30.3 Å². The molecule has 1 atom stereocenters. The van der Waals surface area contributed by atoms with Gasteiger partial charge in [0.2, 0.25) is 5.91 Å². The highest BCUT2D eigenvalue weighted by Gasteiger charge is 2.17. The Balaban J connectivity index is 2.73. The van der Waals surface area contributed by atoms with Crippen LogP contribution in [-0.4, -0.2) is 17.9 Å². The number of primary amides is 1. The van der Waals surface area contributed by atoms with Crippen molar-refractivity contribution in [1.29, 1.82) is 0 Å². The summed E-state index contributed by atoms with van der Waals surface area (Å²) in [5, 5.41) is 2.45. The lowest BCUT2D eigenvalue weighted by atomic mass is 10.1. The van der Waals surface area contributed by atoms with Crippen molar-refractivity contribution in [1.82, 2.24) is 5.32 Å². The van der Waals surface area contributed by atoms with Gasteiger partial charge in [-0.3, -0.25) is 9.59 Å². The van der Waals surface area contributed by atoms with Gasteiger partial charge < -0.3 is 11.1 Å². The van der Waals surface area contributed by atoms with Gasteiger partial charge in [0.05, 0.1) is 0 Å². The Bertz CT molecular complexity index is 429. The summed E-state index contributed by atoms with van der Waals surface area (Å²) in [4.78, 5) is 22.7. The fourth-order valence-electron chi connectivity index (χ4n) is 1.26. The minimum atomic E-state index is -0.801. The van der Waals surface area contributed by atoms with Crippen molar-refractivity contribution in [3.05, 3.63) is 48.3 Å². The highest BCUT2D eigenvalue weighted by Crippen LogP contribution is 2.03. The largest absolute Gasteiger partial charge is 0.368 e. The van der Waals surface area contributed by atoms with E-state index in [2.05, 4.69) is 11.9 Å². The summed E-state index contributed by atoms with van der Waals surface area (Å²) in [6.45, 7) is 3.47. The van der Waals surface area contributed by atoms with Crippen LogP contribution < -0.4 is 11.1 Å². The van der Waals surface area contributed by atoms with Gasteiger partial charge in [0.25, 0.3) is 5.91 Å². The third-order valence-corrected chi connectivity index (χ3v) is 2.16. The molecule has 0 bridgehead atoms. The van der Waals surface area contributed by atoms with Crippen LogP contribution in [0.3, 0.4) is 0 Å². The molecule has 1 rings (SSSR count). The molecule has 1 aromatic rings. The van der Waals surface area contributed by atoms with Crippen molar-refractivity contribution in [2.75, 3.05) is 0 Å². The van der Waals surface area contributed by atoms with Crippen LogP contribution in [0.4, 0.5) is 4.39 Å². The predicted octanol–water partition coefficient (Wildman–Crippen LogP) is 0.985. The van der Waals surface area contributed by atoms with E-state index >= 15 is 0 Å². The molecule has 0 fully saturated rings. The van der Waals surface area contributed by atoms with Gasteiger partial charge in [-0.15, -0.1) is 6.58 Å². The summed E-state index contributed by atoms with van der Waals surface area (Å²) in [5.41, 5.74) is 5.38. The highest BCUT2D eigenvalue weighted by atomic mass is 19.1. The molecule has 17 heavy (non-hydrogen) atoms. The van der Waals surface area contributed by atoms with Crippen LogP contribution in [0, 0.1) is 5.82 Å². The van der Waals surface area contributed by atoms with Gasteiger partial charge >= 0.3 is 0 Å². The van der Waals surface area contributed by atoms with Crippen LogP contribution in [0.15, 0.2) is 36.9 Å². The van der Waals surface area contributed by atoms with E-state index in [-0.39, 0.29) is 12.0 Å². The molecule has 2 amide bonds. The Labute approximate surface area is 98.3 Å². The number of halogens is 1. The molecule has 4 nitrogen and oxygen atoms in total. The average Bonchev–Trinajstić information content (AvgIpc) is 2.29. The number of rotatable bonds is 5. The molecule has 0 aromatic heterocycles. The molecule has 0 saturated heterocycles. The van der Waals surface area contributed by atoms with E-state index in [0.717, 1.165) is 0 Å². The Kier molecular flexibility index (Phi) is 4.39. The summed E-state index contributed by atoms with van der Waals surface area (Å²) in [5.74, 6) is -1.55. The second-order valence-electron chi connectivity index (χ2n) is 3.46. The Morgan fingerprint density at radius 3 is 2.47 bits per heavy atom. The van der Waals surface area contributed by atoms with Crippen molar-refractivity contribution in [3.8, 4) is 0 Å². The summed E-state index contributed by atoms with van der Waals surface area (Å²) >= 11 is 0. The predicted molar refractivity (Wildman–Crippen MR) is 61.7 cm³/mol. The fourth-order valence-corrected chi connectivity index (χ4v) is 1.26. The first-order chi connectivity index (χ1) is 8.04. The van der Waals surface area contributed by atoms with E-state index in [9.17, 15) is 14.0 Å². The zero-order valence-corrected chi connectivity index (χ0v) is 9.15. The second-order valence-corrected chi connectivity index (χ2v) is 3.46. The van der Waals surface area contributed by atoms with E-state index in [4.69, 9.17) is 5.73 Å². The minimum Gasteiger partial charge on any atom is -0.368 e. The third kappa shape index (κ3) is 3.71. The lowest BCUT2D eigenvalue weighted by Gasteiger charge is -2.13. The third-order valence-electron chi connectivity index (χ3n) is 2.16.